The number of ether oxygens (including phenoxy) is 2. The van der Waals surface area contributed by atoms with Gasteiger partial charge in [0.1, 0.15) is 19.8 Å². The Bertz CT molecular complexity index is 2210. The number of phosphoric acid groups is 1. The molecule has 10 heteroatoms. The lowest BCUT2D eigenvalue weighted by atomic mass is 10.0. The molecule has 0 bridgehead atoms. The van der Waals surface area contributed by atoms with Crippen LogP contribution in [0.4, 0.5) is 0 Å². The minimum Gasteiger partial charge on any atom is -0.756 e. The minimum absolute atomic E-state index is 0.0436. The number of unbranched alkanes of at least 4 members (excludes halogenated alkanes) is 21. The van der Waals surface area contributed by atoms with Crippen LogP contribution in [0.15, 0.2) is 182 Å². The quantitative estimate of drug-likeness (QED) is 0.0195. The summed E-state index contributed by atoms with van der Waals surface area (Å²) in [4.78, 5) is 38.1. The van der Waals surface area contributed by atoms with Gasteiger partial charge in [-0.25, -0.2) is 0 Å². The third-order valence-corrected chi connectivity index (χ3v) is 15.9. The third-order valence-electron chi connectivity index (χ3n) is 14.9. The van der Waals surface area contributed by atoms with Gasteiger partial charge in [-0.2, -0.15) is 0 Å². The fourth-order valence-corrected chi connectivity index (χ4v) is 10.1. The summed E-state index contributed by atoms with van der Waals surface area (Å²) in [6.45, 7) is 3.99. The summed E-state index contributed by atoms with van der Waals surface area (Å²) >= 11 is 0. The van der Waals surface area contributed by atoms with Crippen molar-refractivity contribution in [1.82, 2.24) is 0 Å². The van der Waals surface area contributed by atoms with Gasteiger partial charge in [-0.3, -0.25) is 14.2 Å². The Kier molecular flexibility index (Phi) is 66.7. The molecule has 0 saturated carbocycles. The van der Waals surface area contributed by atoms with Gasteiger partial charge < -0.3 is 27.9 Å². The average Bonchev–Trinajstić information content (AvgIpc) is 2.14. The van der Waals surface area contributed by atoms with Crippen molar-refractivity contribution in [1.29, 1.82) is 0 Å². The van der Waals surface area contributed by atoms with E-state index < -0.39 is 32.5 Å². The number of quaternary nitrogens is 1. The maximum absolute atomic E-state index is 12.9. The van der Waals surface area contributed by atoms with Crippen molar-refractivity contribution in [2.24, 2.45) is 0 Å². The van der Waals surface area contributed by atoms with Gasteiger partial charge in [0.05, 0.1) is 27.7 Å². The van der Waals surface area contributed by atoms with Crippen LogP contribution in [0, 0.1) is 0 Å². The summed E-state index contributed by atoms with van der Waals surface area (Å²) in [6.07, 6.45) is 108. The third kappa shape index (κ3) is 74.2. The van der Waals surface area contributed by atoms with E-state index in [1.54, 1.807) is 0 Å². The molecule has 0 spiro atoms. The molecular weight excluding hydrogens is 1160 g/mol. The van der Waals surface area contributed by atoms with Crippen LogP contribution in [0.2, 0.25) is 0 Å². The number of carbonyl (C=O) groups is 2. The molecule has 0 amide bonds. The highest BCUT2D eigenvalue weighted by Crippen LogP contribution is 2.38. The van der Waals surface area contributed by atoms with Crippen LogP contribution in [0.25, 0.3) is 0 Å². The molecule has 2 atom stereocenters. The Hall–Kier alpha value is -4.89. The molecule has 0 aliphatic rings. The predicted octanol–water partition coefficient (Wildman–Crippen LogP) is 23.6. The largest absolute Gasteiger partial charge is 0.756 e. The highest BCUT2D eigenvalue weighted by Gasteiger charge is 2.22. The van der Waals surface area contributed by atoms with E-state index in [2.05, 4.69) is 196 Å². The molecule has 0 aliphatic carbocycles. The summed E-state index contributed by atoms with van der Waals surface area (Å²) in [5.74, 6) is -0.863. The average molecular weight is 1290 g/mol. The lowest BCUT2D eigenvalue weighted by molar-refractivity contribution is -0.870. The van der Waals surface area contributed by atoms with Gasteiger partial charge in [0.2, 0.25) is 0 Å². The summed E-state index contributed by atoms with van der Waals surface area (Å²) < 4.78 is 34.3. The van der Waals surface area contributed by atoms with Crippen molar-refractivity contribution in [3.63, 3.8) is 0 Å². The SMILES string of the molecule is CC/C=C\C/C=C\C/C=C\C/C=C\C/C=C\C/C=C\C/C=C\C/C=C\C/C=C\C/C=C\C/C=C\CCCCCCCC(=O)OC(COC(=O)CCCCCCCCCCCCCCCCCC/C=C\C/C=C\C/C=C\C/C=C\CC)COP(=O)([O-])OCC[N+](C)(C)C. The van der Waals surface area contributed by atoms with E-state index in [0.29, 0.717) is 17.4 Å². The van der Waals surface area contributed by atoms with Crippen molar-refractivity contribution in [2.75, 3.05) is 47.5 Å². The van der Waals surface area contributed by atoms with Crippen LogP contribution in [-0.4, -0.2) is 70.0 Å². The van der Waals surface area contributed by atoms with E-state index >= 15 is 0 Å². The van der Waals surface area contributed by atoms with Gasteiger partial charge in [0.15, 0.2) is 6.10 Å². The van der Waals surface area contributed by atoms with Gasteiger partial charge in [-0.05, 0) is 135 Å². The standard InChI is InChI=1S/C82H134NO8P/c1-6-8-10-12-14-16-18-20-22-24-26-28-30-32-34-36-37-38-39-40-41-42-43-44-45-47-49-51-53-55-57-59-61-63-65-67-69-71-73-75-82(85)91-80(79-90-92(86,87)89-77-76-83(3,4)5)78-88-81(84)74-72-70-68-66-64-62-60-58-56-54-52-50-48-46-35-33-31-29-27-25-23-21-19-17-15-13-11-9-7-2/h8-11,14-17,20-23,26-29,32,34,37-38,40-41,43-44,47,49,53,55,59,61,80H,6-7,12-13,18-19,24-25,30-31,33,35-36,39,42,45-46,48,50-52,54,56-58,60,62-79H2,1-5H3/b10-8-,11-9-,16-14-,17-15-,22-20-,23-21-,28-26-,29-27-,34-32-,38-37-,41-40-,44-43-,49-47-,55-53-,61-59-. The van der Waals surface area contributed by atoms with Gasteiger partial charge in [-0.15, -0.1) is 0 Å². The lowest BCUT2D eigenvalue weighted by Crippen LogP contribution is -2.37. The first kappa shape index (κ1) is 87.1. The molecule has 0 N–H and O–H groups in total. The van der Waals surface area contributed by atoms with E-state index in [1.165, 1.54) is 89.9 Å². The van der Waals surface area contributed by atoms with E-state index in [9.17, 15) is 19.0 Å². The van der Waals surface area contributed by atoms with E-state index in [-0.39, 0.29) is 26.1 Å². The number of allylic oxidation sites excluding steroid dienone is 30. The van der Waals surface area contributed by atoms with Crippen LogP contribution in [0.5, 0.6) is 0 Å². The van der Waals surface area contributed by atoms with Gasteiger partial charge in [0, 0.05) is 12.8 Å². The highest BCUT2D eigenvalue weighted by molar-refractivity contribution is 7.45. The van der Waals surface area contributed by atoms with Crippen molar-refractivity contribution in [3.8, 4) is 0 Å². The smallest absolute Gasteiger partial charge is 0.306 e. The molecule has 2 unspecified atom stereocenters. The predicted molar refractivity (Wildman–Crippen MR) is 396 cm³/mol. The number of rotatable bonds is 65. The molecule has 0 aromatic rings. The second kappa shape index (κ2) is 70.4. The Morgan fingerprint density at radius 1 is 0.337 bits per heavy atom. The first-order chi connectivity index (χ1) is 45.0. The Balaban J connectivity index is 4.14. The number of nitrogens with zero attached hydrogens (tertiary/aromatic N) is 1. The van der Waals surface area contributed by atoms with Crippen LogP contribution >= 0.6 is 7.82 Å². The monoisotopic (exact) mass is 1290 g/mol. The van der Waals surface area contributed by atoms with Crippen molar-refractivity contribution in [3.05, 3.63) is 182 Å². The summed E-state index contributed by atoms with van der Waals surface area (Å²) in [7, 11) is 1.13. The molecule has 9 nitrogen and oxygen atoms in total. The molecule has 0 rings (SSSR count). The Morgan fingerprint density at radius 3 is 0.870 bits per heavy atom. The maximum atomic E-state index is 12.9. The van der Waals surface area contributed by atoms with Crippen molar-refractivity contribution in [2.45, 2.75) is 277 Å². The zero-order chi connectivity index (χ0) is 66.9. The molecule has 92 heavy (non-hydrogen) atoms. The first-order valence-corrected chi connectivity index (χ1v) is 38.0. The highest BCUT2D eigenvalue weighted by atomic mass is 31.2. The number of carbonyl (C=O) groups excluding carboxylic acids is 2. The molecule has 0 saturated heterocycles. The summed E-state index contributed by atoms with van der Waals surface area (Å²) in [5, 5.41) is 0. The normalized spacial score (nSPS) is 14.2. The lowest BCUT2D eigenvalue weighted by Gasteiger charge is -2.28. The van der Waals surface area contributed by atoms with Gasteiger partial charge in [-0.1, -0.05) is 305 Å². The first-order valence-electron chi connectivity index (χ1n) is 36.5. The van der Waals surface area contributed by atoms with Crippen LogP contribution < -0.4 is 4.89 Å². The number of esters is 2. The van der Waals surface area contributed by atoms with Crippen molar-refractivity contribution >= 4 is 19.8 Å². The second-order valence-corrected chi connectivity index (χ2v) is 26.2. The minimum atomic E-state index is -4.66. The van der Waals surface area contributed by atoms with Gasteiger partial charge >= 0.3 is 11.9 Å². The zero-order valence-electron chi connectivity index (χ0n) is 59.2. The van der Waals surface area contributed by atoms with Crippen LogP contribution in [0.3, 0.4) is 0 Å². The molecule has 0 fully saturated rings. The zero-order valence-corrected chi connectivity index (χ0v) is 60.1. The Morgan fingerprint density at radius 2 is 0.587 bits per heavy atom. The fourth-order valence-electron chi connectivity index (χ4n) is 9.42. The molecule has 0 aromatic heterocycles. The number of likely N-dealkylation sites (N-methyl/N-ethyl adjacent to an activating group) is 1. The Labute approximate surface area is 565 Å². The van der Waals surface area contributed by atoms with E-state index in [4.69, 9.17) is 18.5 Å². The van der Waals surface area contributed by atoms with Crippen LogP contribution in [-0.2, 0) is 32.7 Å². The van der Waals surface area contributed by atoms with Crippen LogP contribution in [0.1, 0.15) is 271 Å². The maximum Gasteiger partial charge on any atom is 0.306 e. The summed E-state index contributed by atoms with van der Waals surface area (Å²) in [6, 6.07) is 0. The second-order valence-electron chi connectivity index (χ2n) is 24.8. The number of phosphoric ester groups is 1. The summed E-state index contributed by atoms with van der Waals surface area (Å²) in [5.41, 5.74) is 0. The van der Waals surface area contributed by atoms with E-state index in [1.807, 2.05) is 21.1 Å². The fraction of sp³-hybridized carbons (Fsp3) is 0.610. The van der Waals surface area contributed by atoms with Gasteiger partial charge in [0.25, 0.3) is 7.82 Å². The number of hydrogen-bond acceptors (Lipinski definition) is 8. The van der Waals surface area contributed by atoms with E-state index in [0.717, 1.165) is 148 Å². The molecule has 0 heterocycles. The molecule has 0 aliphatic heterocycles. The molecule has 0 radical (unpaired) electrons. The van der Waals surface area contributed by atoms with Crippen molar-refractivity contribution < 1.29 is 42.1 Å². The molecular formula is C82H134NO8P. The molecule has 520 valence electrons. The number of hydrogen-bond donors (Lipinski definition) is 0. The molecule has 0 aromatic carbocycles. The topological polar surface area (TPSA) is 111 Å².